The number of benzene rings is 1. The molecule has 0 aliphatic carbocycles. The molecule has 112 valence electrons. The lowest BCUT2D eigenvalue weighted by Gasteiger charge is -2.17. The van der Waals surface area contributed by atoms with Gasteiger partial charge in [0, 0.05) is 32.0 Å². The van der Waals surface area contributed by atoms with E-state index in [1.54, 1.807) is 0 Å². The summed E-state index contributed by atoms with van der Waals surface area (Å²) in [5.41, 5.74) is 9.57. The number of nitrogens with two attached hydrogens (primary N) is 1. The third kappa shape index (κ3) is 4.53. The highest BCUT2D eigenvalue weighted by atomic mass is 15.2. The smallest absolute Gasteiger partial charge is 0.225 e. The molecule has 1 unspecified atom stereocenters. The summed E-state index contributed by atoms with van der Waals surface area (Å²) in [6.45, 7) is 4.99. The van der Waals surface area contributed by atoms with Crippen molar-refractivity contribution in [3.8, 4) is 0 Å². The summed E-state index contributed by atoms with van der Waals surface area (Å²) >= 11 is 0. The lowest BCUT2D eigenvalue weighted by Crippen LogP contribution is -2.22. The van der Waals surface area contributed by atoms with Crippen LogP contribution in [0, 0.1) is 6.92 Å². The summed E-state index contributed by atoms with van der Waals surface area (Å²) in [4.78, 5) is 10.9. The molecule has 0 aliphatic heterocycles. The molecular weight excluding hydrogens is 260 g/mol. The minimum atomic E-state index is 0.185. The van der Waals surface area contributed by atoms with Crippen molar-refractivity contribution in [3.63, 3.8) is 0 Å². The van der Waals surface area contributed by atoms with E-state index in [4.69, 9.17) is 5.73 Å². The Balaban J connectivity index is 1.99. The van der Waals surface area contributed by atoms with E-state index in [0.717, 1.165) is 30.9 Å². The number of aromatic nitrogens is 2. The van der Waals surface area contributed by atoms with Gasteiger partial charge in [0.1, 0.15) is 0 Å². The van der Waals surface area contributed by atoms with Gasteiger partial charge in [-0.05, 0) is 30.9 Å². The Hall–Kier alpha value is -1.94. The SMILES string of the molecule is CCC(N)Cc1cnc(N(C)Cc2ccc(C)cc2)nc1. The second-order valence-electron chi connectivity index (χ2n) is 5.61. The quantitative estimate of drug-likeness (QED) is 0.886. The fourth-order valence-corrected chi connectivity index (χ4v) is 2.14. The average Bonchev–Trinajstić information content (AvgIpc) is 2.50. The molecule has 2 aromatic rings. The summed E-state index contributed by atoms with van der Waals surface area (Å²) < 4.78 is 0. The number of hydrogen-bond acceptors (Lipinski definition) is 4. The van der Waals surface area contributed by atoms with Crippen molar-refractivity contribution in [2.75, 3.05) is 11.9 Å². The highest BCUT2D eigenvalue weighted by Gasteiger charge is 2.07. The highest BCUT2D eigenvalue weighted by molar-refractivity contribution is 5.32. The predicted octanol–water partition coefficient (Wildman–Crippen LogP) is 2.70. The zero-order valence-electron chi connectivity index (χ0n) is 13.1. The number of rotatable bonds is 6. The van der Waals surface area contributed by atoms with E-state index in [0.29, 0.717) is 0 Å². The summed E-state index contributed by atoms with van der Waals surface area (Å²) in [7, 11) is 2.01. The van der Waals surface area contributed by atoms with Gasteiger partial charge in [0.2, 0.25) is 5.95 Å². The zero-order chi connectivity index (χ0) is 15.2. The van der Waals surface area contributed by atoms with E-state index in [1.165, 1.54) is 11.1 Å². The molecule has 0 spiro atoms. The number of anilines is 1. The van der Waals surface area contributed by atoms with Gasteiger partial charge in [0.05, 0.1) is 0 Å². The summed E-state index contributed by atoms with van der Waals surface area (Å²) in [5.74, 6) is 0.740. The molecule has 0 saturated carbocycles. The monoisotopic (exact) mass is 284 g/mol. The molecule has 0 bridgehead atoms. The molecule has 4 heteroatoms. The van der Waals surface area contributed by atoms with E-state index < -0.39 is 0 Å². The van der Waals surface area contributed by atoms with Gasteiger partial charge in [-0.1, -0.05) is 36.8 Å². The van der Waals surface area contributed by atoms with Crippen molar-refractivity contribution in [1.29, 1.82) is 0 Å². The van der Waals surface area contributed by atoms with Crippen LogP contribution in [-0.4, -0.2) is 23.1 Å². The molecule has 0 saturated heterocycles. The molecule has 0 amide bonds. The molecule has 0 aliphatic rings. The lowest BCUT2D eigenvalue weighted by atomic mass is 10.1. The van der Waals surface area contributed by atoms with Gasteiger partial charge >= 0.3 is 0 Å². The Morgan fingerprint density at radius 3 is 2.29 bits per heavy atom. The maximum Gasteiger partial charge on any atom is 0.225 e. The molecule has 2 N–H and O–H groups in total. The van der Waals surface area contributed by atoms with Crippen molar-refractivity contribution in [3.05, 3.63) is 53.3 Å². The standard InChI is InChI=1S/C17H24N4/c1-4-16(18)9-15-10-19-17(20-11-15)21(3)12-14-7-5-13(2)6-8-14/h5-8,10-11,16H,4,9,12,18H2,1-3H3. The first-order valence-electron chi connectivity index (χ1n) is 7.41. The van der Waals surface area contributed by atoms with Crippen LogP contribution in [0.1, 0.15) is 30.0 Å². The molecular formula is C17H24N4. The van der Waals surface area contributed by atoms with Crippen molar-refractivity contribution in [2.45, 2.75) is 39.3 Å². The Kier molecular flexibility index (Phi) is 5.28. The van der Waals surface area contributed by atoms with Gasteiger partial charge in [0.15, 0.2) is 0 Å². The summed E-state index contributed by atoms with van der Waals surface area (Å²) in [5, 5.41) is 0. The topological polar surface area (TPSA) is 55.0 Å². The van der Waals surface area contributed by atoms with E-state index >= 15 is 0 Å². The van der Waals surface area contributed by atoms with E-state index in [2.05, 4.69) is 48.1 Å². The van der Waals surface area contributed by atoms with Gasteiger partial charge in [-0.3, -0.25) is 0 Å². The van der Waals surface area contributed by atoms with Crippen LogP contribution in [0.3, 0.4) is 0 Å². The second kappa shape index (κ2) is 7.18. The van der Waals surface area contributed by atoms with Crippen molar-refractivity contribution in [1.82, 2.24) is 9.97 Å². The molecule has 21 heavy (non-hydrogen) atoms. The molecule has 2 rings (SSSR count). The fraction of sp³-hybridized carbons (Fsp3) is 0.412. The van der Waals surface area contributed by atoms with Crippen LogP contribution in [0.15, 0.2) is 36.7 Å². The van der Waals surface area contributed by atoms with Gasteiger partial charge in [0.25, 0.3) is 0 Å². The maximum atomic E-state index is 5.95. The van der Waals surface area contributed by atoms with Gasteiger partial charge < -0.3 is 10.6 Å². The molecule has 1 aromatic heterocycles. The Morgan fingerprint density at radius 2 is 1.71 bits per heavy atom. The largest absolute Gasteiger partial charge is 0.340 e. The van der Waals surface area contributed by atoms with E-state index in [9.17, 15) is 0 Å². The predicted molar refractivity (Wildman–Crippen MR) is 87.3 cm³/mol. The van der Waals surface area contributed by atoms with Gasteiger partial charge in [-0.2, -0.15) is 0 Å². The molecule has 0 fully saturated rings. The maximum absolute atomic E-state index is 5.95. The molecule has 1 heterocycles. The minimum absolute atomic E-state index is 0.185. The third-order valence-corrected chi connectivity index (χ3v) is 3.60. The molecule has 4 nitrogen and oxygen atoms in total. The Labute approximate surface area is 127 Å². The Bertz CT molecular complexity index is 548. The van der Waals surface area contributed by atoms with Crippen molar-refractivity contribution < 1.29 is 0 Å². The van der Waals surface area contributed by atoms with Gasteiger partial charge in [-0.25, -0.2) is 9.97 Å². The lowest BCUT2D eigenvalue weighted by molar-refractivity contribution is 0.643. The first-order chi connectivity index (χ1) is 10.1. The van der Waals surface area contributed by atoms with Crippen LogP contribution in [0.4, 0.5) is 5.95 Å². The van der Waals surface area contributed by atoms with Crippen LogP contribution in [0.2, 0.25) is 0 Å². The van der Waals surface area contributed by atoms with Crippen LogP contribution in [0.25, 0.3) is 0 Å². The fourth-order valence-electron chi connectivity index (χ4n) is 2.14. The second-order valence-corrected chi connectivity index (χ2v) is 5.61. The van der Waals surface area contributed by atoms with E-state index in [1.807, 2.05) is 24.3 Å². The molecule has 1 aromatic carbocycles. The van der Waals surface area contributed by atoms with Crippen LogP contribution < -0.4 is 10.6 Å². The van der Waals surface area contributed by atoms with Crippen LogP contribution in [0.5, 0.6) is 0 Å². The number of aryl methyl sites for hydroxylation is 1. The first kappa shape index (κ1) is 15.4. The third-order valence-electron chi connectivity index (χ3n) is 3.60. The summed E-state index contributed by atoms with van der Waals surface area (Å²) in [6.07, 6.45) is 5.56. The van der Waals surface area contributed by atoms with Crippen molar-refractivity contribution in [2.24, 2.45) is 5.73 Å². The molecule has 1 atom stereocenters. The average molecular weight is 284 g/mol. The number of hydrogen-bond donors (Lipinski definition) is 1. The Morgan fingerprint density at radius 1 is 1.10 bits per heavy atom. The highest BCUT2D eigenvalue weighted by Crippen LogP contribution is 2.12. The minimum Gasteiger partial charge on any atom is -0.340 e. The van der Waals surface area contributed by atoms with Crippen molar-refractivity contribution >= 4 is 5.95 Å². The number of nitrogens with zero attached hydrogens (tertiary/aromatic N) is 3. The van der Waals surface area contributed by atoms with E-state index in [-0.39, 0.29) is 6.04 Å². The van der Waals surface area contributed by atoms with Gasteiger partial charge in [-0.15, -0.1) is 0 Å². The zero-order valence-corrected chi connectivity index (χ0v) is 13.1. The normalized spacial score (nSPS) is 12.2. The van der Waals surface area contributed by atoms with Crippen LogP contribution >= 0.6 is 0 Å². The van der Waals surface area contributed by atoms with Crippen LogP contribution in [-0.2, 0) is 13.0 Å². The summed E-state index contributed by atoms with van der Waals surface area (Å²) in [6, 6.07) is 8.71. The first-order valence-corrected chi connectivity index (χ1v) is 7.41. The molecule has 0 radical (unpaired) electrons.